The van der Waals surface area contributed by atoms with E-state index in [1.807, 2.05) is 0 Å². The van der Waals surface area contributed by atoms with Gasteiger partial charge >= 0.3 is 6.09 Å². The molecule has 0 aliphatic carbocycles. The fourth-order valence-electron chi connectivity index (χ4n) is 2.06. The Hall–Kier alpha value is -1.37. The summed E-state index contributed by atoms with van der Waals surface area (Å²) in [7, 11) is 0. The van der Waals surface area contributed by atoms with Crippen LogP contribution in [-0.2, 0) is 9.53 Å². The molecule has 2 rings (SSSR count). The van der Waals surface area contributed by atoms with Crippen molar-refractivity contribution < 1.29 is 14.3 Å². The first-order chi connectivity index (χ1) is 9.26. The van der Waals surface area contributed by atoms with Crippen LogP contribution in [0.1, 0.15) is 33.2 Å². The minimum absolute atomic E-state index is 0.0299. The van der Waals surface area contributed by atoms with Crippen molar-refractivity contribution in [2.75, 3.05) is 13.1 Å². The number of aromatic nitrogens is 2. The van der Waals surface area contributed by atoms with Gasteiger partial charge in [-0.2, -0.15) is 5.10 Å². The number of nitrogens with zero attached hydrogens (tertiary/aromatic N) is 3. The van der Waals surface area contributed by atoms with Gasteiger partial charge in [-0.3, -0.25) is 9.48 Å². The fourth-order valence-corrected chi connectivity index (χ4v) is 2.36. The molecule has 1 saturated heterocycles. The van der Waals surface area contributed by atoms with Crippen LogP contribution in [0.2, 0.25) is 0 Å². The lowest BCUT2D eigenvalue weighted by molar-refractivity contribution is -0.126. The van der Waals surface area contributed by atoms with Crippen LogP contribution < -0.4 is 0 Å². The van der Waals surface area contributed by atoms with Crippen LogP contribution in [-0.4, -0.2) is 45.2 Å². The smallest absolute Gasteiger partial charge is 0.410 e. The standard InChI is InChI=1S/C13H18BrN3O3/c1-13(2,3)20-12(19)16-5-4-10(11(18)8-16)17-7-9(14)6-15-17/h6-7,10H,4-5,8H2,1-3H3. The number of halogens is 1. The van der Waals surface area contributed by atoms with Crippen molar-refractivity contribution in [3.8, 4) is 0 Å². The Balaban J connectivity index is 1.99. The van der Waals surface area contributed by atoms with Crippen molar-refractivity contribution in [3.63, 3.8) is 0 Å². The quantitative estimate of drug-likeness (QED) is 0.785. The van der Waals surface area contributed by atoms with E-state index in [9.17, 15) is 9.59 Å². The molecule has 0 N–H and O–H groups in total. The van der Waals surface area contributed by atoms with Crippen LogP contribution in [0, 0.1) is 0 Å². The fraction of sp³-hybridized carbons (Fsp3) is 0.615. The number of piperidine rings is 1. The van der Waals surface area contributed by atoms with Crippen LogP contribution in [0.25, 0.3) is 0 Å². The zero-order valence-corrected chi connectivity index (χ0v) is 13.4. The summed E-state index contributed by atoms with van der Waals surface area (Å²) >= 11 is 3.31. The highest BCUT2D eigenvalue weighted by atomic mass is 79.9. The van der Waals surface area contributed by atoms with Crippen LogP contribution in [0.4, 0.5) is 4.79 Å². The van der Waals surface area contributed by atoms with Crippen LogP contribution in [0.5, 0.6) is 0 Å². The summed E-state index contributed by atoms with van der Waals surface area (Å²) in [6, 6.07) is -0.306. The predicted octanol–water partition coefficient (Wildman–Crippen LogP) is 2.40. The second-order valence-electron chi connectivity index (χ2n) is 5.81. The Morgan fingerprint density at radius 3 is 2.70 bits per heavy atom. The van der Waals surface area contributed by atoms with Crippen molar-refractivity contribution in [1.82, 2.24) is 14.7 Å². The summed E-state index contributed by atoms with van der Waals surface area (Å²) in [5.41, 5.74) is -0.552. The molecule has 1 amide bonds. The molecule has 0 bridgehead atoms. The lowest BCUT2D eigenvalue weighted by atomic mass is 10.0. The van der Waals surface area contributed by atoms with Crippen LogP contribution in [0.15, 0.2) is 16.9 Å². The lowest BCUT2D eigenvalue weighted by Gasteiger charge is -2.32. The van der Waals surface area contributed by atoms with Crippen LogP contribution >= 0.6 is 15.9 Å². The highest BCUT2D eigenvalue weighted by Crippen LogP contribution is 2.22. The molecule has 0 radical (unpaired) electrons. The number of carbonyl (C=O) groups excluding carboxylic acids is 2. The van der Waals surface area contributed by atoms with E-state index in [-0.39, 0.29) is 18.4 Å². The van der Waals surface area contributed by atoms with E-state index in [2.05, 4.69) is 21.0 Å². The number of ether oxygens (including phenoxy) is 1. The van der Waals surface area contributed by atoms with Gasteiger partial charge in [-0.15, -0.1) is 0 Å². The summed E-state index contributed by atoms with van der Waals surface area (Å²) in [6.45, 7) is 5.97. The summed E-state index contributed by atoms with van der Waals surface area (Å²) in [6.07, 6.45) is 3.52. The van der Waals surface area contributed by atoms with Gasteiger partial charge in [0.05, 0.1) is 17.2 Å². The van der Waals surface area contributed by atoms with E-state index >= 15 is 0 Å². The zero-order valence-electron chi connectivity index (χ0n) is 11.8. The Morgan fingerprint density at radius 2 is 2.20 bits per heavy atom. The second-order valence-corrected chi connectivity index (χ2v) is 6.73. The van der Waals surface area contributed by atoms with Gasteiger partial charge in [0.1, 0.15) is 11.6 Å². The molecule has 6 nitrogen and oxygen atoms in total. The zero-order chi connectivity index (χ0) is 14.9. The largest absolute Gasteiger partial charge is 0.444 e. The molecule has 1 aromatic heterocycles. The van der Waals surface area contributed by atoms with Gasteiger partial charge in [0, 0.05) is 12.7 Å². The Bertz CT molecular complexity index is 521. The van der Waals surface area contributed by atoms with Crippen molar-refractivity contribution >= 4 is 27.8 Å². The summed E-state index contributed by atoms with van der Waals surface area (Å²) in [4.78, 5) is 25.5. The molecule has 1 fully saturated rings. The maximum atomic E-state index is 12.2. The van der Waals surface area contributed by atoms with E-state index in [1.165, 1.54) is 4.90 Å². The lowest BCUT2D eigenvalue weighted by Crippen LogP contribution is -2.46. The van der Waals surface area contributed by atoms with E-state index in [4.69, 9.17) is 4.74 Å². The van der Waals surface area contributed by atoms with Crippen molar-refractivity contribution in [2.45, 2.75) is 38.8 Å². The minimum Gasteiger partial charge on any atom is -0.444 e. The molecular weight excluding hydrogens is 326 g/mol. The van der Waals surface area contributed by atoms with Crippen molar-refractivity contribution in [3.05, 3.63) is 16.9 Å². The topological polar surface area (TPSA) is 64.4 Å². The van der Waals surface area contributed by atoms with E-state index < -0.39 is 11.7 Å². The summed E-state index contributed by atoms with van der Waals surface area (Å²) in [5.74, 6) is -0.0299. The first kappa shape index (κ1) is 15.0. The number of rotatable bonds is 1. The predicted molar refractivity (Wildman–Crippen MR) is 76.4 cm³/mol. The normalized spacial score (nSPS) is 20.1. The molecule has 1 aliphatic rings. The van der Waals surface area contributed by atoms with Gasteiger partial charge in [0.15, 0.2) is 5.78 Å². The number of hydrogen-bond acceptors (Lipinski definition) is 4. The first-order valence-electron chi connectivity index (χ1n) is 6.46. The van der Waals surface area contributed by atoms with Gasteiger partial charge in [-0.1, -0.05) is 0 Å². The van der Waals surface area contributed by atoms with E-state index in [0.717, 1.165) is 4.47 Å². The Labute approximate surface area is 126 Å². The molecule has 7 heteroatoms. The third kappa shape index (κ3) is 3.59. The molecule has 1 atom stereocenters. The maximum Gasteiger partial charge on any atom is 0.410 e. The molecule has 20 heavy (non-hydrogen) atoms. The third-order valence-corrected chi connectivity index (χ3v) is 3.34. The van der Waals surface area contributed by atoms with E-state index in [1.54, 1.807) is 37.8 Å². The van der Waals surface area contributed by atoms with Crippen molar-refractivity contribution in [2.24, 2.45) is 0 Å². The van der Waals surface area contributed by atoms with E-state index in [0.29, 0.717) is 13.0 Å². The Kier molecular flexibility index (Phi) is 4.17. The highest BCUT2D eigenvalue weighted by Gasteiger charge is 2.33. The van der Waals surface area contributed by atoms with Gasteiger partial charge in [0.25, 0.3) is 0 Å². The number of Topliss-reactive ketones (excluding diaryl/α,β-unsaturated/α-hetero) is 1. The summed E-state index contributed by atoms with van der Waals surface area (Å²) < 4.78 is 7.75. The number of hydrogen-bond donors (Lipinski definition) is 0. The number of amides is 1. The molecule has 1 aromatic rings. The molecule has 0 aromatic carbocycles. The number of likely N-dealkylation sites (tertiary alicyclic amines) is 1. The van der Waals surface area contributed by atoms with Gasteiger partial charge in [-0.05, 0) is 43.1 Å². The molecule has 1 aliphatic heterocycles. The molecule has 2 heterocycles. The summed E-state index contributed by atoms with van der Waals surface area (Å²) in [5, 5.41) is 4.13. The molecule has 0 saturated carbocycles. The average Bonchev–Trinajstić information content (AvgIpc) is 2.73. The van der Waals surface area contributed by atoms with Crippen molar-refractivity contribution in [1.29, 1.82) is 0 Å². The minimum atomic E-state index is -0.552. The van der Waals surface area contributed by atoms with Gasteiger partial charge < -0.3 is 9.64 Å². The molecular formula is C13H18BrN3O3. The highest BCUT2D eigenvalue weighted by molar-refractivity contribution is 9.10. The third-order valence-electron chi connectivity index (χ3n) is 2.93. The molecule has 1 unspecified atom stereocenters. The van der Waals surface area contributed by atoms with Crippen LogP contribution in [0.3, 0.4) is 0 Å². The SMILES string of the molecule is CC(C)(C)OC(=O)N1CCC(n2cc(Br)cn2)C(=O)C1. The molecule has 0 spiro atoms. The monoisotopic (exact) mass is 343 g/mol. The second kappa shape index (κ2) is 5.55. The molecule has 110 valence electrons. The number of carbonyl (C=O) groups is 2. The maximum absolute atomic E-state index is 12.2. The number of ketones is 1. The van der Waals surface area contributed by atoms with Gasteiger partial charge in [-0.25, -0.2) is 4.79 Å². The first-order valence-corrected chi connectivity index (χ1v) is 7.26. The average molecular weight is 344 g/mol. The van der Waals surface area contributed by atoms with Gasteiger partial charge in [0.2, 0.25) is 0 Å². The Morgan fingerprint density at radius 1 is 1.50 bits per heavy atom.